The second kappa shape index (κ2) is 6.66. The van der Waals surface area contributed by atoms with Crippen LogP contribution in [0.15, 0.2) is 33.6 Å². The van der Waals surface area contributed by atoms with Gasteiger partial charge in [-0.05, 0) is 50.9 Å². The number of amides is 1. The van der Waals surface area contributed by atoms with Gasteiger partial charge in [0.2, 0.25) is 5.91 Å². The Morgan fingerprint density at radius 2 is 2.08 bits per heavy atom. The van der Waals surface area contributed by atoms with Crippen LogP contribution in [0.25, 0.3) is 0 Å². The lowest BCUT2D eigenvalue weighted by atomic mass is 10.1. The molecule has 2 atom stereocenters. The molecule has 1 aromatic rings. The smallest absolute Gasteiger partial charge is 0.285 e. The minimum Gasteiger partial charge on any atom is -0.343 e. The zero-order valence-corrected chi connectivity index (χ0v) is 15.7. The number of nitrogens with one attached hydrogen (secondary N) is 1. The monoisotopic (exact) mass is 376 g/mol. The van der Waals surface area contributed by atoms with Crippen LogP contribution in [0.5, 0.6) is 0 Å². The maximum absolute atomic E-state index is 13.1. The van der Waals surface area contributed by atoms with E-state index in [4.69, 9.17) is 0 Å². The fourth-order valence-corrected chi connectivity index (χ4v) is 5.49. The van der Waals surface area contributed by atoms with Crippen LogP contribution in [0.4, 0.5) is 0 Å². The molecule has 0 spiro atoms. The molecule has 1 N–H and O–H groups in total. The van der Waals surface area contributed by atoms with Crippen LogP contribution in [0.2, 0.25) is 0 Å². The van der Waals surface area contributed by atoms with Crippen LogP contribution in [0.3, 0.4) is 0 Å². The van der Waals surface area contributed by atoms with Crippen molar-refractivity contribution in [2.45, 2.75) is 30.2 Å². The van der Waals surface area contributed by atoms with Gasteiger partial charge in [-0.15, -0.1) is 4.40 Å². The average molecular weight is 376 g/mol. The van der Waals surface area contributed by atoms with Gasteiger partial charge < -0.3 is 15.1 Å². The van der Waals surface area contributed by atoms with Crippen molar-refractivity contribution in [3.63, 3.8) is 0 Å². The summed E-state index contributed by atoms with van der Waals surface area (Å²) in [6.45, 7) is 3.12. The highest BCUT2D eigenvalue weighted by molar-refractivity contribution is 7.90. The van der Waals surface area contributed by atoms with Gasteiger partial charge in [0.25, 0.3) is 10.0 Å². The van der Waals surface area contributed by atoms with E-state index in [1.807, 2.05) is 22.9 Å². The highest BCUT2D eigenvalue weighted by atomic mass is 32.2. The Morgan fingerprint density at radius 1 is 1.27 bits per heavy atom. The van der Waals surface area contributed by atoms with Crippen molar-refractivity contribution in [2.75, 3.05) is 33.2 Å². The SMILES string of the molecule is CNCC1CCN(C(=O)C2CCCN2C2=NS(=O)(=O)c3ccccc32)C1. The number of carbonyl (C=O) groups is 1. The van der Waals surface area contributed by atoms with Gasteiger partial charge in [0.05, 0.1) is 0 Å². The lowest BCUT2D eigenvalue weighted by Gasteiger charge is -2.29. The summed E-state index contributed by atoms with van der Waals surface area (Å²) in [7, 11) is -1.73. The summed E-state index contributed by atoms with van der Waals surface area (Å²) in [5.41, 5.74) is 0.613. The topological polar surface area (TPSA) is 82.1 Å². The third-order valence-corrected chi connectivity index (χ3v) is 6.84. The summed E-state index contributed by atoms with van der Waals surface area (Å²) < 4.78 is 28.7. The Balaban J connectivity index is 1.58. The number of benzene rings is 1. The average Bonchev–Trinajstić information content (AvgIpc) is 3.33. The van der Waals surface area contributed by atoms with Crippen molar-refractivity contribution in [1.29, 1.82) is 0 Å². The molecule has 0 radical (unpaired) electrons. The van der Waals surface area contributed by atoms with Crippen molar-refractivity contribution in [1.82, 2.24) is 15.1 Å². The van der Waals surface area contributed by atoms with Crippen molar-refractivity contribution in [3.8, 4) is 0 Å². The zero-order chi connectivity index (χ0) is 18.3. The first-order valence-electron chi connectivity index (χ1n) is 9.15. The largest absolute Gasteiger partial charge is 0.343 e. The number of rotatable bonds is 3. The molecule has 140 valence electrons. The molecule has 7 nitrogen and oxygen atoms in total. The van der Waals surface area contributed by atoms with Gasteiger partial charge in [0, 0.05) is 25.2 Å². The predicted molar refractivity (Wildman–Crippen MR) is 98.5 cm³/mol. The Bertz CT molecular complexity index is 852. The molecule has 0 aromatic heterocycles. The van der Waals surface area contributed by atoms with Gasteiger partial charge in [-0.2, -0.15) is 8.42 Å². The van der Waals surface area contributed by atoms with Crippen molar-refractivity contribution in [3.05, 3.63) is 29.8 Å². The number of nitrogens with zero attached hydrogens (tertiary/aromatic N) is 3. The Labute approximate surface area is 154 Å². The molecule has 2 unspecified atom stereocenters. The minimum absolute atomic E-state index is 0.102. The van der Waals surface area contributed by atoms with Crippen LogP contribution >= 0.6 is 0 Å². The van der Waals surface area contributed by atoms with E-state index in [9.17, 15) is 13.2 Å². The quantitative estimate of drug-likeness (QED) is 0.838. The number of amidine groups is 1. The third kappa shape index (κ3) is 2.91. The second-order valence-corrected chi connectivity index (χ2v) is 8.81. The fourth-order valence-electron chi connectivity index (χ4n) is 4.27. The number of hydrogen-bond acceptors (Lipinski definition) is 5. The highest BCUT2D eigenvalue weighted by Crippen LogP contribution is 2.32. The number of sulfonamides is 1. The summed E-state index contributed by atoms with van der Waals surface area (Å²) >= 11 is 0. The second-order valence-electron chi connectivity index (χ2n) is 7.23. The van der Waals surface area contributed by atoms with E-state index >= 15 is 0 Å². The first kappa shape index (κ1) is 17.5. The normalized spacial score (nSPS) is 26.9. The number of fused-ring (bicyclic) bond motifs is 1. The number of likely N-dealkylation sites (tertiary alicyclic amines) is 2. The van der Waals surface area contributed by atoms with Crippen LogP contribution < -0.4 is 5.32 Å². The maximum Gasteiger partial charge on any atom is 0.285 e. The highest BCUT2D eigenvalue weighted by Gasteiger charge is 2.41. The van der Waals surface area contributed by atoms with Crippen LogP contribution in [0, 0.1) is 5.92 Å². The van der Waals surface area contributed by atoms with Crippen molar-refractivity contribution in [2.24, 2.45) is 10.3 Å². The molecule has 0 saturated carbocycles. The van der Waals surface area contributed by atoms with E-state index in [2.05, 4.69) is 9.71 Å². The van der Waals surface area contributed by atoms with E-state index in [0.717, 1.165) is 38.9 Å². The van der Waals surface area contributed by atoms with E-state index < -0.39 is 10.0 Å². The van der Waals surface area contributed by atoms with Crippen molar-refractivity contribution >= 4 is 21.8 Å². The molecule has 3 aliphatic heterocycles. The van der Waals surface area contributed by atoms with Gasteiger partial charge in [-0.1, -0.05) is 12.1 Å². The van der Waals surface area contributed by atoms with Gasteiger partial charge in [-0.3, -0.25) is 4.79 Å². The molecule has 3 heterocycles. The Hall–Kier alpha value is -1.93. The molecule has 0 aliphatic carbocycles. The van der Waals surface area contributed by atoms with E-state index in [1.54, 1.807) is 18.2 Å². The molecule has 8 heteroatoms. The fraction of sp³-hybridized carbons (Fsp3) is 0.556. The Morgan fingerprint density at radius 3 is 2.88 bits per heavy atom. The molecule has 1 aromatic carbocycles. The standard InChI is InChI=1S/C18H24N4O3S/c1-19-11-13-8-10-21(12-13)18(23)15-6-4-9-22(15)17-14-5-2-3-7-16(14)26(24,25)20-17/h2-3,5,7,13,15,19H,4,6,8-12H2,1H3. The summed E-state index contributed by atoms with van der Waals surface area (Å²) in [6.07, 6.45) is 2.62. The summed E-state index contributed by atoms with van der Waals surface area (Å²) in [4.78, 5) is 17.2. The molecular weight excluding hydrogens is 352 g/mol. The van der Waals surface area contributed by atoms with E-state index in [1.165, 1.54) is 0 Å². The van der Waals surface area contributed by atoms with Crippen LogP contribution in [0.1, 0.15) is 24.8 Å². The molecule has 1 amide bonds. The first-order chi connectivity index (χ1) is 12.5. The third-order valence-electron chi connectivity index (χ3n) is 5.51. The van der Waals surface area contributed by atoms with E-state index in [0.29, 0.717) is 23.9 Å². The zero-order valence-electron chi connectivity index (χ0n) is 14.9. The van der Waals surface area contributed by atoms with Crippen LogP contribution in [-0.2, 0) is 14.8 Å². The lowest BCUT2D eigenvalue weighted by molar-refractivity contribution is -0.133. The lowest BCUT2D eigenvalue weighted by Crippen LogP contribution is -2.47. The summed E-state index contributed by atoms with van der Waals surface area (Å²) in [5.74, 6) is 1.02. The molecule has 2 fully saturated rings. The van der Waals surface area contributed by atoms with Gasteiger partial charge in [0.15, 0.2) is 5.84 Å². The molecule has 2 saturated heterocycles. The number of carbonyl (C=O) groups excluding carboxylic acids is 1. The van der Waals surface area contributed by atoms with Gasteiger partial charge in [-0.25, -0.2) is 0 Å². The molecular formula is C18H24N4O3S. The maximum atomic E-state index is 13.1. The summed E-state index contributed by atoms with van der Waals surface area (Å²) in [6, 6.07) is 6.55. The van der Waals surface area contributed by atoms with E-state index in [-0.39, 0.29) is 16.8 Å². The predicted octanol–water partition coefficient (Wildman–Crippen LogP) is 0.668. The molecule has 26 heavy (non-hydrogen) atoms. The molecule has 0 bridgehead atoms. The van der Waals surface area contributed by atoms with Gasteiger partial charge >= 0.3 is 0 Å². The Kier molecular flexibility index (Phi) is 4.48. The van der Waals surface area contributed by atoms with Crippen LogP contribution in [-0.4, -0.2) is 69.2 Å². The van der Waals surface area contributed by atoms with Gasteiger partial charge in [0.1, 0.15) is 10.9 Å². The van der Waals surface area contributed by atoms with Crippen molar-refractivity contribution < 1.29 is 13.2 Å². The summed E-state index contributed by atoms with van der Waals surface area (Å²) in [5, 5.41) is 3.18. The number of hydrogen-bond donors (Lipinski definition) is 1. The minimum atomic E-state index is -3.66. The molecule has 4 rings (SSSR count). The first-order valence-corrected chi connectivity index (χ1v) is 10.6. The molecule has 3 aliphatic rings.